The average Bonchev–Trinajstić information content (AvgIpc) is 2.85. The fourth-order valence-corrected chi connectivity index (χ4v) is 2.41. The van der Waals surface area contributed by atoms with Crippen LogP contribution in [0.25, 0.3) is 0 Å². The summed E-state index contributed by atoms with van der Waals surface area (Å²) in [5, 5.41) is 8.97. The highest BCUT2D eigenvalue weighted by Gasteiger charge is 2.14. The van der Waals surface area contributed by atoms with Gasteiger partial charge in [-0.15, -0.1) is 0 Å². The highest BCUT2D eigenvalue weighted by atomic mass is 16.3. The van der Waals surface area contributed by atoms with E-state index in [1.807, 2.05) is 0 Å². The van der Waals surface area contributed by atoms with E-state index in [-0.39, 0.29) is 6.61 Å². The number of amidine groups is 1. The molecule has 3 heteroatoms. The second kappa shape index (κ2) is 11.0. The second-order valence-electron chi connectivity index (χ2n) is 5.22. The van der Waals surface area contributed by atoms with Crippen LogP contribution in [0.5, 0.6) is 0 Å². The number of aliphatic hydroxyl groups is 1. The minimum Gasteiger partial charge on any atom is -0.395 e. The molecule has 1 aliphatic rings. The number of allylic oxidation sites excluding steroid dienone is 2. The van der Waals surface area contributed by atoms with Crippen molar-refractivity contribution in [2.75, 3.05) is 26.2 Å². The molecule has 19 heavy (non-hydrogen) atoms. The number of unbranched alkanes of at least 4 members (excludes halogenated alkanes) is 5. The Kier molecular flexibility index (Phi) is 9.42. The normalized spacial score (nSPS) is 15.5. The summed E-state index contributed by atoms with van der Waals surface area (Å²) in [7, 11) is 0. The number of rotatable bonds is 11. The van der Waals surface area contributed by atoms with Gasteiger partial charge in [-0.25, -0.2) is 0 Å². The summed E-state index contributed by atoms with van der Waals surface area (Å²) in [4.78, 5) is 6.75. The van der Waals surface area contributed by atoms with Gasteiger partial charge in [-0.2, -0.15) is 0 Å². The Balaban J connectivity index is 1.97. The van der Waals surface area contributed by atoms with Gasteiger partial charge in [-0.3, -0.25) is 4.99 Å². The third kappa shape index (κ3) is 7.36. The van der Waals surface area contributed by atoms with Crippen molar-refractivity contribution in [2.24, 2.45) is 4.99 Å². The zero-order valence-corrected chi connectivity index (χ0v) is 12.5. The Morgan fingerprint density at radius 2 is 1.95 bits per heavy atom. The van der Waals surface area contributed by atoms with Gasteiger partial charge in [-0.05, 0) is 25.7 Å². The molecule has 0 unspecified atom stereocenters. The molecule has 1 heterocycles. The minimum absolute atomic E-state index is 0.238. The largest absolute Gasteiger partial charge is 0.395 e. The standard InChI is InChI=1S/C16H30N2O/c1-2-3-4-5-6-7-8-9-10-11-16-17-12-13-18(16)14-15-19/h5-6,19H,2-4,7-15H2,1H3/b6-5+. The zero-order valence-electron chi connectivity index (χ0n) is 12.5. The lowest BCUT2D eigenvalue weighted by Gasteiger charge is -2.18. The third-order valence-corrected chi connectivity index (χ3v) is 3.56. The topological polar surface area (TPSA) is 35.8 Å². The van der Waals surface area contributed by atoms with E-state index in [1.165, 1.54) is 50.8 Å². The molecule has 3 nitrogen and oxygen atoms in total. The lowest BCUT2D eigenvalue weighted by Crippen LogP contribution is -2.30. The fraction of sp³-hybridized carbons (Fsp3) is 0.812. The first-order chi connectivity index (χ1) is 9.38. The predicted molar refractivity (Wildman–Crippen MR) is 82.7 cm³/mol. The molecule has 0 bridgehead atoms. The Bertz CT molecular complexity index is 274. The highest BCUT2D eigenvalue weighted by molar-refractivity contribution is 5.83. The van der Waals surface area contributed by atoms with Gasteiger partial charge in [-0.1, -0.05) is 38.3 Å². The van der Waals surface area contributed by atoms with Crippen LogP contribution in [0.4, 0.5) is 0 Å². The predicted octanol–water partition coefficient (Wildman–Crippen LogP) is 3.39. The number of aliphatic hydroxyl groups excluding tert-OH is 1. The smallest absolute Gasteiger partial charge is 0.0991 e. The summed E-state index contributed by atoms with van der Waals surface area (Å²) < 4.78 is 0. The Morgan fingerprint density at radius 1 is 1.16 bits per heavy atom. The molecule has 0 aromatic heterocycles. The van der Waals surface area contributed by atoms with Gasteiger partial charge in [0.15, 0.2) is 0 Å². The van der Waals surface area contributed by atoms with Crippen LogP contribution in [0.3, 0.4) is 0 Å². The second-order valence-corrected chi connectivity index (χ2v) is 5.22. The van der Waals surface area contributed by atoms with Gasteiger partial charge < -0.3 is 10.0 Å². The van der Waals surface area contributed by atoms with Crippen LogP contribution in [0.2, 0.25) is 0 Å². The number of β-amino-alcohol motifs (C(OH)–C–C–N with tert-alkyl or cyclic N) is 1. The van der Waals surface area contributed by atoms with Gasteiger partial charge in [0.05, 0.1) is 19.0 Å². The van der Waals surface area contributed by atoms with Crippen LogP contribution in [0.1, 0.15) is 58.3 Å². The van der Waals surface area contributed by atoms with Crippen LogP contribution >= 0.6 is 0 Å². The molecule has 0 radical (unpaired) electrons. The van der Waals surface area contributed by atoms with Crippen LogP contribution in [0.15, 0.2) is 17.1 Å². The molecule has 0 spiro atoms. The maximum atomic E-state index is 8.97. The van der Waals surface area contributed by atoms with Crippen molar-refractivity contribution in [1.29, 1.82) is 0 Å². The van der Waals surface area contributed by atoms with Crippen molar-refractivity contribution >= 4 is 5.84 Å². The van der Waals surface area contributed by atoms with E-state index in [1.54, 1.807) is 0 Å². The Morgan fingerprint density at radius 3 is 2.68 bits per heavy atom. The SMILES string of the molecule is CCCC/C=C/CCCCCC1=NCCN1CCO. The van der Waals surface area contributed by atoms with E-state index in [9.17, 15) is 0 Å². The summed E-state index contributed by atoms with van der Waals surface area (Å²) in [6.45, 7) is 5.13. The molecular formula is C16H30N2O. The van der Waals surface area contributed by atoms with Crippen LogP contribution in [-0.2, 0) is 0 Å². The minimum atomic E-state index is 0.238. The maximum absolute atomic E-state index is 8.97. The molecule has 0 fully saturated rings. The summed E-state index contributed by atoms with van der Waals surface area (Å²) >= 11 is 0. The lowest BCUT2D eigenvalue weighted by molar-refractivity contribution is 0.255. The zero-order chi connectivity index (χ0) is 13.8. The molecule has 1 rings (SSSR count). The van der Waals surface area contributed by atoms with Crippen LogP contribution in [-0.4, -0.2) is 42.1 Å². The number of nitrogens with zero attached hydrogens (tertiary/aromatic N) is 2. The number of hydrogen-bond donors (Lipinski definition) is 1. The van der Waals surface area contributed by atoms with Crippen molar-refractivity contribution in [3.63, 3.8) is 0 Å². The van der Waals surface area contributed by atoms with Crippen molar-refractivity contribution in [1.82, 2.24) is 4.90 Å². The van der Waals surface area contributed by atoms with E-state index in [0.29, 0.717) is 0 Å². The molecular weight excluding hydrogens is 236 g/mol. The quantitative estimate of drug-likeness (QED) is 0.459. The first-order valence-corrected chi connectivity index (χ1v) is 7.92. The summed E-state index contributed by atoms with van der Waals surface area (Å²) in [6, 6.07) is 0. The first-order valence-electron chi connectivity index (χ1n) is 7.92. The van der Waals surface area contributed by atoms with E-state index in [4.69, 9.17) is 5.11 Å². The molecule has 0 aliphatic carbocycles. The van der Waals surface area contributed by atoms with Gasteiger partial charge in [0, 0.05) is 19.5 Å². The van der Waals surface area contributed by atoms with Crippen LogP contribution in [0, 0.1) is 0 Å². The average molecular weight is 266 g/mol. The van der Waals surface area contributed by atoms with E-state index >= 15 is 0 Å². The summed E-state index contributed by atoms with van der Waals surface area (Å²) in [6.07, 6.45) is 14.6. The van der Waals surface area contributed by atoms with E-state index in [0.717, 1.165) is 26.1 Å². The molecule has 0 aromatic rings. The molecule has 0 saturated heterocycles. The van der Waals surface area contributed by atoms with Gasteiger partial charge in [0.1, 0.15) is 0 Å². The number of hydrogen-bond acceptors (Lipinski definition) is 3. The van der Waals surface area contributed by atoms with Gasteiger partial charge in [0.25, 0.3) is 0 Å². The van der Waals surface area contributed by atoms with Crippen LogP contribution < -0.4 is 0 Å². The number of aliphatic imine (C=N–C) groups is 1. The molecule has 0 amide bonds. The molecule has 0 atom stereocenters. The molecule has 1 N–H and O–H groups in total. The maximum Gasteiger partial charge on any atom is 0.0991 e. The van der Waals surface area contributed by atoms with Crippen molar-refractivity contribution in [3.05, 3.63) is 12.2 Å². The molecule has 1 aliphatic heterocycles. The van der Waals surface area contributed by atoms with Crippen molar-refractivity contribution in [3.8, 4) is 0 Å². The van der Waals surface area contributed by atoms with E-state index in [2.05, 4.69) is 29.0 Å². The van der Waals surface area contributed by atoms with Gasteiger partial charge in [0.2, 0.25) is 0 Å². The molecule has 0 aromatic carbocycles. The Hall–Kier alpha value is -0.830. The van der Waals surface area contributed by atoms with Gasteiger partial charge >= 0.3 is 0 Å². The van der Waals surface area contributed by atoms with Crippen molar-refractivity contribution in [2.45, 2.75) is 58.3 Å². The fourth-order valence-electron chi connectivity index (χ4n) is 2.41. The Labute approximate surface area is 118 Å². The first kappa shape index (κ1) is 16.2. The summed E-state index contributed by atoms with van der Waals surface area (Å²) in [5.41, 5.74) is 0. The highest BCUT2D eigenvalue weighted by Crippen LogP contribution is 2.11. The third-order valence-electron chi connectivity index (χ3n) is 3.56. The monoisotopic (exact) mass is 266 g/mol. The molecule has 0 saturated carbocycles. The van der Waals surface area contributed by atoms with Crippen molar-refractivity contribution < 1.29 is 5.11 Å². The van der Waals surface area contributed by atoms with E-state index < -0.39 is 0 Å². The summed E-state index contributed by atoms with van der Waals surface area (Å²) in [5.74, 6) is 1.22. The molecule has 110 valence electrons. The lowest BCUT2D eigenvalue weighted by atomic mass is 10.1.